The van der Waals surface area contributed by atoms with E-state index in [1.165, 1.54) is 4.88 Å². The smallest absolute Gasteiger partial charge is 0.254 e. The van der Waals surface area contributed by atoms with Crippen molar-refractivity contribution in [2.24, 2.45) is 0 Å². The van der Waals surface area contributed by atoms with Gasteiger partial charge in [-0.25, -0.2) is 0 Å². The van der Waals surface area contributed by atoms with Crippen LogP contribution in [0.25, 0.3) is 10.4 Å². The van der Waals surface area contributed by atoms with Crippen molar-refractivity contribution in [1.82, 2.24) is 9.88 Å². The van der Waals surface area contributed by atoms with Crippen LogP contribution in [0.5, 0.6) is 0 Å². The largest absolute Gasteiger partial charge is 0.328 e. The first kappa shape index (κ1) is 13.2. The van der Waals surface area contributed by atoms with Crippen LogP contribution in [0.2, 0.25) is 0 Å². The van der Waals surface area contributed by atoms with E-state index in [4.69, 9.17) is 0 Å². The van der Waals surface area contributed by atoms with E-state index in [9.17, 15) is 4.79 Å². The van der Waals surface area contributed by atoms with Crippen molar-refractivity contribution in [3.63, 3.8) is 0 Å². The molecule has 0 unspecified atom stereocenters. The Hall–Kier alpha value is -2.46. The van der Waals surface area contributed by atoms with Gasteiger partial charge in [0.1, 0.15) is 0 Å². The first-order valence-corrected chi connectivity index (χ1v) is 8.05. The predicted octanol–water partition coefficient (Wildman–Crippen LogP) is 3.97. The molecule has 108 valence electrons. The Balaban J connectivity index is 1.54. The lowest BCUT2D eigenvalue weighted by atomic mass is 10.1. The monoisotopic (exact) mass is 306 g/mol. The summed E-state index contributed by atoms with van der Waals surface area (Å²) in [6.07, 6.45) is 1.78. The number of rotatable bonds is 2. The minimum Gasteiger partial charge on any atom is -0.328 e. The Bertz CT molecular complexity index is 784. The van der Waals surface area contributed by atoms with Crippen LogP contribution in [0.15, 0.2) is 60.1 Å². The fourth-order valence-electron chi connectivity index (χ4n) is 2.75. The Kier molecular flexibility index (Phi) is 3.24. The normalized spacial score (nSPS) is 13.2. The minimum atomic E-state index is 0.0655. The van der Waals surface area contributed by atoms with Crippen LogP contribution in [0.1, 0.15) is 21.6 Å². The van der Waals surface area contributed by atoms with E-state index in [-0.39, 0.29) is 5.91 Å². The Morgan fingerprint density at radius 3 is 2.64 bits per heavy atom. The third kappa shape index (κ3) is 2.31. The number of fused-ring (bicyclic) bond motifs is 1. The fourth-order valence-corrected chi connectivity index (χ4v) is 3.48. The lowest BCUT2D eigenvalue weighted by Crippen LogP contribution is -2.25. The summed E-state index contributed by atoms with van der Waals surface area (Å²) in [7, 11) is 0. The average molecular weight is 306 g/mol. The molecule has 1 aliphatic heterocycles. The number of pyridine rings is 1. The SMILES string of the molecule is O=C(c1ccc(-c2cccs2)cc1)N1Cc2cccnc2C1. The number of nitrogens with zero attached hydrogens (tertiary/aromatic N) is 2. The summed E-state index contributed by atoms with van der Waals surface area (Å²) in [5.74, 6) is 0.0655. The van der Waals surface area contributed by atoms with Crippen molar-refractivity contribution in [3.05, 3.63) is 76.9 Å². The van der Waals surface area contributed by atoms with Gasteiger partial charge in [-0.3, -0.25) is 9.78 Å². The maximum Gasteiger partial charge on any atom is 0.254 e. The van der Waals surface area contributed by atoms with E-state index in [0.29, 0.717) is 13.1 Å². The molecule has 1 aliphatic rings. The second kappa shape index (κ2) is 5.39. The number of carbonyl (C=O) groups is 1. The fraction of sp³-hybridized carbons (Fsp3) is 0.111. The van der Waals surface area contributed by atoms with E-state index < -0.39 is 0 Å². The molecule has 4 rings (SSSR count). The Morgan fingerprint density at radius 2 is 1.91 bits per heavy atom. The second-order valence-corrected chi connectivity index (χ2v) is 6.27. The van der Waals surface area contributed by atoms with Crippen LogP contribution in [0, 0.1) is 0 Å². The van der Waals surface area contributed by atoms with Crippen molar-refractivity contribution in [2.75, 3.05) is 0 Å². The number of aromatic nitrogens is 1. The highest BCUT2D eigenvalue weighted by molar-refractivity contribution is 7.13. The second-order valence-electron chi connectivity index (χ2n) is 5.33. The summed E-state index contributed by atoms with van der Waals surface area (Å²) in [5.41, 5.74) is 4.03. The maximum atomic E-state index is 12.6. The minimum absolute atomic E-state index is 0.0655. The molecule has 0 radical (unpaired) electrons. The van der Waals surface area contributed by atoms with Gasteiger partial charge in [-0.1, -0.05) is 24.3 Å². The van der Waals surface area contributed by atoms with Crippen molar-refractivity contribution < 1.29 is 4.79 Å². The van der Waals surface area contributed by atoms with Gasteiger partial charge < -0.3 is 4.90 Å². The molecule has 0 atom stereocenters. The van der Waals surface area contributed by atoms with E-state index in [1.807, 2.05) is 47.4 Å². The van der Waals surface area contributed by atoms with Gasteiger partial charge in [0.25, 0.3) is 5.91 Å². The van der Waals surface area contributed by atoms with Crippen LogP contribution < -0.4 is 0 Å². The molecular weight excluding hydrogens is 292 g/mol. The molecule has 22 heavy (non-hydrogen) atoms. The topological polar surface area (TPSA) is 33.2 Å². The third-order valence-electron chi connectivity index (χ3n) is 3.91. The van der Waals surface area contributed by atoms with Crippen molar-refractivity contribution in [2.45, 2.75) is 13.1 Å². The standard InChI is InChI=1S/C18H14N2OS/c21-18(20-11-15-3-1-9-19-16(15)12-20)14-7-5-13(6-8-14)17-4-2-10-22-17/h1-10H,11-12H2. The highest BCUT2D eigenvalue weighted by Crippen LogP contribution is 2.26. The number of carbonyl (C=O) groups excluding carboxylic acids is 1. The van der Waals surface area contributed by atoms with Crippen molar-refractivity contribution in [1.29, 1.82) is 0 Å². The number of hydrogen-bond donors (Lipinski definition) is 0. The molecule has 0 aliphatic carbocycles. The lowest BCUT2D eigenvalue weighted by molar-refractivity contribution is 0.0750. The number of amides is 1. The van der Waals surface area contributed by atoms with E-state index >= 15 is 0 Å². The van der Waals surface area contributed by atoms with Crippen LogP contribution in [0.3, 0.4) is 0 Å². The molecular formula is C18H14N2OS. The van der Waals surface area contributed by atoms with Gasteiger partial charge in [0.05, 0.1) is 12.2 Å². The zero-order valence-electron chi connectivity index (χ0n) is 11.9. The van der Waals surface area contributed by atoms with Gasteiger partial charge in [-0.05, 0) is 40.8 Å². The Morgan fingerprint density at radius 1 is 1.05 bits per heavy atom. The quantitative estimate of drug-likeness (QED) is 0.718. The van der Waals surface area contributed by atoms with Crippen molar-refractivity contribution in [3.8, 4) is 10.4 Å². The lowest BCUT2D eigenvalue weighted by Gasteiger charge is -2.15. The molecule has 1 amide bonds. The summed E-state index contributed by atoms with van der Waals surface area (Å²) in [4.78, 5) is 20.0. The van der Waals surface area contributed by atoms with E-state index in [1.54, 1.807) is 17.5 Å². The average Bonchev–Trinajstić information content (AvgIpc) is 3.23. The van der Waals surface area contributed by atoms with Crippen molar-refractivity contribution >= 4 is 17.2 Å². The number of hydrogen-bond acceptors (Lipinski definition) is 3. The number of thiophene rings is 1. The molecule has 4 heteroatoms. The molecule has 0 spiro atoms. The molecule has 1 aromatic carbocycles. The van der Waals surface area contributed by atoms with Crippen LogP contribution in [0.4, 0.5) is 0 Å². The van der Waals surface area contributed by atoms with E-state index in [0.717, 1.165) is 22.4 Å². The van der Waals surface area contributed by atoms with Crippen LogP contribution in [-0.2, 0) is 13.1 Å². The van der Waals surface area contributed by atoms with Gasteiger partial charge in [0, 0.05) is 23.2 Å². The molecule has 0 saturated heterocycles. The van der Waals surface area contributed by atoms with Crippen LogP contribution >= 0.6 is 11.3 Å². The molecule has 0 bridgehead atoms. The highest BCUT2D eigenvalue weighted by Gasteiger charge is 2.24. The zero-order chi connectivity index (χ0) is 14.9. The first-order chi connectivity index (χ1) is 10.8. The molecule has 0 fully saturated rings. The summed E-state index contributed by atoms with van der Waals surface area (Å²) in [6, 6.07) is 15.9. The summed E-state index contributed by atoms with van der Waals surface area (Å²) in [6.45, 7) is 1.25. The summed E-state index contributed by atoms with van der Waals surface area (Å²) >= 11 is 1.70. The van der Waals surface area contributed by atoms with Gasteiger partial charge in [0.2, 0.25) is 0 Å². The summed E-state index contributed by atoms with van der Waals surface area (Å²) in [5, 5.41) is 2.06. The maximum absolute atomic E-state index is 12.6. The molecule has 2 aromatic heterocycles. The Labute approximate surface area is 132 Å². The molecule has 0 N–H and O–H groups in total. The van der Waals surface area contributed by atoms with Gasteiger partial charge in [-0.2, -0.15) is 0 Å². The van der Waals surface area contributed by atoms with E-state index in [2.05, 4.69) is 16.4 Å². The predicted molar refractivity (Wildman–Crippen MR) is 87.6 cm³/mol. The highest BCUT2D eigenvalue weighted by atomic mass is 32.1. The molecule has 3 aromatic rings. The molecule has 3 heterocycles. The molecule has 3 nitrogen and oxygen atoms in total. The van der Waals surface area contributed by atoms with Gasteiger partial charge >= 0.3 is 0 Å². The molecule has 0 saturated carbocycles. The third-order valence-corrected chi connectivity index (χ3v) is 4.83. The summed E-state index contributed by atoms with van der Waals surface area (Å²) < 4.78 is 0. The zero-order valence-corrected chi connectivity index (χ0v) is 12.7. The van der Waals surface area contributed by atoms with Gasteiger partial charge in [0.15, 0.2) is 0 Å². The number of benzene rings is 1. The van der Waals surface area contributed by atoms with Gasteiger partial charge in [-0.15, -0.1) is 11.3 Å². The van der Waals surface area contributed by atoms with Crippen LogP contribution in [-0.4, -0.2) is 15.8 Å². The first-order valence-electron chi connectivity index (χ1n) is 7.17.